The molecule has 8 nitrogen and oxygen atoms in total. The van der Waals surface area contributed by atoms with Crippen molar-refractivity contribution in [3.63, 3.8) is 0 Å². The molecule has 1 saturated heterocycles. The molecule has 1 fully saturated rings. The smallest absolute Gasteiger partial charge is 0.422 e. The summed E-state index contributed by atoms with van der Waals surface area (Å²) in [5.74, 6) is -1.01. The normalized spacial score (nSPS) is 16.2. The van der Waals surface area contributed by atoms with Crippen LogP contribution in [-0.2, 0) is 0 Å². The lowest BCUT2D eigenvalue weighted by Crippen LogP contribution is -2.36. The van der Waals surface area contributed by atoms with Crippen molar-refractivity contribution in [1.82, 2.24) is 9.97 Å². The van der Waals surface area contributed by atoms with Crippen LogP contribution in [0.5, 0.6) is 5.88 Å². The number of carbonyl (C=O) groups excluding carboxylic acids is 1. The minimum Gasteiger partial charge on any atom is -0.467 e. The van der Waals surface area contributed by atoms with Gasteiger partial charge in [0.15, 0.2) is 6.61 Å². The fourth-order valence-electron chi connectivity index (χ4n) is 2.62. The Morgan fingerprint density at radius 2 is 2.00 bits per heavy atom. The molecule has 3 heterocycles. The van der Waals surface area contributed by atoms with Gasteiger partial charge >= 0.3 is 6.18 Å². The third kappa shape index (κ3) is 3.75. The highest BCUT2D eigenvalue weighted by Crippen LogP contribution is 2.39. The van der Waals surface area contributed by atoms with Crippen LogP contribution in [0, 0.1) is 0 Å². The van der Waals surface area contributed by atoms with Crippen molar-refractivity contribution < 1.29 is 27.8 Å². The minimum atomic E-state index is -4.57. The number of ether oxygens (including phenoxy) is 1. The molecule has 2 aromatic rings. The number of piperidine rings is 1. The molecule has 5 N–H and O–H groups in total. The number of aliphatic hydroxyl groups is 1. The zero-order valence-electron chi connectivity index (χ0n) is 13.4. The number of nitrogens with zero attached hydrogens (tertiary/aromatic N) is 3. The summed E-state index contributed by atoms with van der Waals surface area (Å²) in [6.45, 7) is -0.678. The van der Waals surface area contributed by atoms with Gasteiger partial charge in [0.1, 0.15) is 9.71 Å². The number of rotatable bonds is 4. The summed E-state index contributed by atoms with van der Waals surface area (Å²) in [5.41, 5.74) is 11.0. The van der Waals surface area contributed by atoms with Gasteiger partial charge in [-0.15, -0.1) is 11.3 Å². The van der Waals surface area contributed by atoms with Crippen LogP contribution in [0.3, 0.4) is 0 Å². The van der Waals surface area contributed by atoms with E-state index in [1.807, 2.05) is 0 Å². The maximum Gasteiger partial charge on any atom is 0.422 e. The standard InChI is InChI=1S/C14H16F3N5O3S/c15-14(16,17)5-25-11-7-8(18)9(10(19)24)26-12(7)21-13(20-11)22-3-1-6(23)2-4-22/h6,23H,1-5,18H2,(H2,19,24). The summed E-state index contributed by atoms with van der Waals surface area (Å²) in [7, 11) is 0. The molecule has 0 atom stereocenters. The number of anilines is 2. The molecule has 26 heavy (non-hydrogen) atoms. The average molecular weight is 391 g/mol. The van der Waals surface area contributed by atoms with Gasteiger partial charge in [-0.1, -0.05) is 0 Å². The minimum absolute atomic E-state index is 0.0163. The number of nitrogens with two attached hydrogens (primary N) is 2. The van der Waals surface area contributed by atoms with Gasteiger partial charge in [0.25, 0.3) is 5.91 Å². The Labute approximate surface area is 149 Å². The van der Waals surface area contributed by atoms with Gasteiger partial charge in [0, 0.05) is 13.1 Å². The lowest BCUT2D eigenvalue weighted by molar-refractivity contribution is -0.153. The summed E-state index contributed by atoms with van der Waals surface area (Å²) < 4.78 is 42.5. The van der Waals surface area contributed by atoms with E-state index in [-0.39, 0.29) is 32.6 Å². The van der Waals surface area contributed by atoms with Crippen LogP contribution in [0.2, 0.25) is 0 Å². The molecule has 0 saturated carbocycles. The monoisotopic (exact) mass is 391 g/mol. The Balaban J connectivity index is 2.05. The SMILES string of the molecule is NC(=O)c1sc2nc(N3CCC(O)CC3)nc(OCC(F)(F)F)c2c1N. The molecule has 1 aliphatic rings. The number of aromatic nitrogens is 2. The van der Waals surface area contributed by atoms with Crippen LogP contribution in [0.25, 0.3) is 10.2 Å². The van der Waals surface area contributed by atoms with E-state index < -0.39 is 24.8 Å². The number of halogens is 3. The van der Waals surface area contributed by atoms with Crippen LogP contribution in [-0.4, -0.2) is 53.0 Å². The van der Waals surface area contributed by atoms with Crippen LogP contribution in [0.4, 0.5) is 24.8 Å². The molecule has 0 radical (unpaired) electrons. The second-order valence-corrected chi connectivity index (χ2v) is 6.84. The fraction of sp³-hybridized carbons (Fsp3) is 0.500. The largest absolute Gasteiger partial charge is 0.467 e. The van der Waals surface area contributed by atoms with E-state index >= 15 is 0 Å². The molecule has 0 spiro atoms. The zero-order chi connectivity index (χ0) is 19.1. The quantitative estimate of drug-likeness (QED) is 0.716. The van der Waals surface area contributed by atoms with Gasteiger partial charge < -0.3 is 26.2 Å². The highest BCUT2D eigenvalue weighted by molar-refractivity contribution is 7.21. The van der Waals surface area contributed by atoms with E-state index in [9.17, 15) is 23.1 Å². The number of aliphatic hydroxyl groups excluding tert-OH is 1. The van der Waals surface area contributed by atoms with E-state index in [1.54, 1.807) is 4.90 Å². The maximum absolute atomic E-state index is 12.6. The van der Waals surface area contributed by atoms with Crippen molar-refractivity contribution in [3.05, 3.63) is 4.88 Å². The molecule has 0 aromatic carbocycles. The first-order valence-corrected chi connectivity index (χ1v) is 8.49. The van der Waals surface area contributed by atoms with Gasteiger partial charge in [0.2, 0.25) is 11.8 Å². The van der Waals surface area contributed by atoms with E-state index in [0.717, 1.165) is 11.3 Å². The van der Waals surface area contributed by atoms with Gasteiger partial charge in [0.05, 0.1) is 17.2 Å². The summed E-state index contributed by atoms with van der Waals surface area (Å²) >= 11 is 0.870. The number of amides is 1. The molecule has 12 heteroatoms. The first kappa shape index (κ1) is 18.5. The van der Waals surface area contributed by atoms with Crippen molar-refractivity contribution in [2.75, 3.05) is 30.3 Å². The number of hydrogen-bond donors (Lipinski definition) is 3. The molecule has 142 valence electrons. The molecule has 2 aromatic heterocycles. The Bertz CT molecular complexity index is 833. The molecule has 0 aliphatic carbocycles. The van der Waals surface area contributed by atoms with E-state index in [1.165, 1.54) is 0 Å². The lowest BCUT2D eigenvalue weighted by atomic mass is 10.1. The van der Waals surface area contributed by atoms with Crippen molar-refractivity contribution in [2.45, 2.75) is 25.1 Å². The van der Waals surface area contributed by atoms with E-state index in [2.05, 4.69) is 9.97 Å². The highest BCUT2D eigenvalue weighted by atomic mass is 32.1. The van der Waals surface area contributed by atoms with Crippen molar-refractivity contribution in [1.29, 1.82) is 0 Å². The molecular formula is C14H16F3N5O3S. The van der Waals surface area contributed by atoms with Crippen LogP contribution in [0.15, 0.2) is 0 Å². The molecule has 3 rings (SSSR count). The van der Waals surface area contributed by atoms with Gasteiger partial charge in [-0.25, -0.2) is 4.98 Å². The van der Waals surface area contributed by atoms with Gasteiger partial charge in [-0.3, -0.25) is 4.79 Å². The Morgan fingerprint density at radius 3 is 2.58 bits per heavy atom. The predicted octanol–water partition coefficient (Wildman–Crippen LogP) is 1.27. The molecular weight excluding hydrogens is 375 g/mol. The molecule has 1 amide bonds. The van der Waals surface area contributed by atoms with Gasteiger partial charge in [-0.05, 0) is 12.8 Å². The second kappa shape index (κ2) is 6.76. The molecule has 0 bridgehead atoms. The zero-order valence-corrected chi connectivity index (χ0v) is 14.2. The van der Waals surface area contributed by atoms with Crippen LogP contribution >= 0.6 is 11.3 Å². The Kier molecular flexibility index (Phi) is 4.80. The van der Waals surface area contributed by atoms with E-state index in [4.69, 9.17) is 16.2 Å². The first-order chi connectivity index (χ1) is 12.2. The van der Waals surface area contributed by atoms with E-state index in [0.29, 0.717) is 25.9 Å². The van der Waals surface area contributed by atoms with Crippen molar-refractivity contribution in [3.8, 4) is 5.88 Å². The van der Waals surface area contributed by atoms with Crippen molar-refractivity contribution >= 4 is 39.1 Å². The highest BCUT2D eigenvalue weighted by Gasteiger charge is 2.31. The van der Waals surface area contributed by atoms with Crippen LogP contribution < -0.4 is 21.1 Å². The number of thiophene rings is 1. The Hall–Kier alpha value is -2.34. The summed E-state index contributed by atoms with van der Waals surface area (Å²) in [6, 6.07) is 0. The average Bonchev–Trinajstić information content (AvgIpc) is 2.90. The second-order valence-electron chi connectivity index (χ2n) is 5.84. The van der Waals surface area contributed by atoms with Crippen molar-refractivity contribution in [2.24, 2.45) is 5.73 Å². The first-order valence-electron chi connectivity index (χ1n) is 7.68. The topological polar surface area (TPSA) is 128 Å². The van der Waals surface area contributed by atoms with Crippen LogP contribution in [0.1, 0.15) is 22.5 Å². The third-order valence-corrected chi connectivity index (χ3v) is 5.00. The third-order valence-electron chi connectivity index (χ3n) is 3.89. The number of nitrogen functional groups attached to an aromatic ring is 1. The lowest BCUT2D eigenvalue weighted by Gasteiger charge is -2.29. The molecule has 1 aliphatic heterocycles. The number of hydrogen-bond acceptors (Lipinski definition) is 8. The summed E-state index contributed by atoms with van der Waals surface area (Å²) in [6.07, 6.45) is -4.03. The number of fused-ring (bicyclic) bond motifs is 1. The number of alkyl halides is 3. The summed E-state index contributed by atoms with van der Waals surface area (Å²) in [4.78, 5) is 21.8. The fourth-order valence-corrected chi connectivity index (χ4v) is 3.56. The summed E-state index contributed by atoms with van der Waals surface area (Å²) in [5, 5.41) is 9.63. The maximum atomic E-state index is 12.6. The number of carbonyl (C=O) groups is 1. The Morgan fingerprint density at radius 1 is 1.35 bits per heavy atom. The van der Waals surface area contributed by atoms with Gasteiger partial charge in [-0.2, -0.15) is 18.2 Å². The number of primary amides is 1. The molecule has 0 unspecified atom stereocenters. The predicted molar refractivity (Wildman–Crippen MR) is 89.3 cm³/mol.